The zero-order valence-electron chi connectivity index (χ0n) is 10.1. The van der Waals surface area contributed by atoms with Crippen molar-refractivity contribution in [2.45, 2.75) is 6.42 Å². The van der Waals surface area contributed by atoms with Crippen LogP contribution in [-0.2, 0) is 6.42 Å². The molecular formula is C14H16BrNOS. The van der Waals surface area contributed by atoms with Gasteiger partial charge in [0.2, 0.25) is 0 Å². The fourth-order valence-electron chi connectivity index (χ4n) is 1.59. The van der Waals surface area contributed by atoms with Crippen LogP contribution in [0.3, 0.4) is 0 Å². The Hall–Kier alpha value is -0.840. The molecule has 0 spiro atoms. The molecule has 0 atom stereocenters. The van der Waals surface area contributed by atoms with Gasteiger partial charge in [-0.1, -0.05) is 18.2 Å². The summed E-state index contributed by atoms with van der Waals surface area (Å²) in [4.78, 5) is 1.43. The van der Waals surface area contributed by atoms with Crippen molar-refractivity contribution in [1.29, 1.82) is 0 Å². The van der Waals surface area contributed by atoms with E-state index in [-0.39, 0.29) is 0 Å². The summed E-state index contributed by atoms with van der Waals surface area (Å²) in [6, 6.07) is 12.2. The Morgan fingerprint density at radius 3 is 2.78 bits per heavy atom. The third kappa shape index (κ3) is 4.44. The first kappa shape index (κ1) is 13.6. The van der Waals surface area contributed by atoms with Crippen molar-refractivity contribution in [1.82, 2.24) is 5.32 Å². The number of benzene rings is 1. The lowest BCUT2D eigenvalue weighted by Gasteiger charge is -2.08. The van der Waals surface area contributed by atoms with Crippen LogP contribution < -0.4 is 10.1 Å². The van der Waals surface area contributed by atoms with Crippen molar-refractivity contribution in [3.63, 3.8) is 0 Å². The molecule has 0 radical (unpaired) electrons. The van der Waals surface area contributed by atoms with Gasteiger partial charge in [0.15, 0.2) is 0 Å². The number of rotatable bonds is 7. The van der Waals surface area contributed by atoms with Gasteiger partial charge < -0.3 is 10.1 Å². The Morgan fingerprint density at radius 2 is 2.00 bits per heavy atom. The minimum atomic E-state index is 0.688. The van der Waals surface area contributed by atoms with Crippen LogP contribution in [0.1, 0.15) is 4.88 Å². The summed E-state index contributed by atoms with van der Waals surface area (Å²) in [5.41, 5.74) is 0. The van der Waals surface area contributed by atoms with Gasteiger partial charge in [0.25, 0.3) is 0 Å². The molecule has 1 aromatic carbocycles. The molecule has 0 aliphatic rings. The standard InChI is InChI=1S/C14H16BrNOS/c15-13-5-1-2-6-14(13)17-10-9-16-8-7-12-4-3-11-18-12/h1-6,11,16H,7-10H2. The van der Waals surface area contributed by atoms with Crippen molar-refractivity contribution in [3.8, 4) is 5.75 Å². The van der Waals surface area contributed by atoms with Crippen molar-refractivity contribution in [2.75, 3.05) is 19.7 Å². The van der Waals surface area contributed by atoms with E-state index in [4.69, 9.17) is 4.74 Å². The maximum atomic E-state index is 5.67. The molecule has 18 heavy (non-hydrogen) atoms. The average molecular weight is 326 g/mol. The monoisotopic (exact) mass is 325 g/mol. The van der Waals surface area contributed by atoms with E-state index in [0.29, 0.717) is 6.61 Å². The Bertz CT molecular complexity index is 459. The van der Waals surface area contributed by atoms with Crippen LogP contribution >= 0.6 is 27.3 Å². The summed E-state index contributed by atoms with van der Waals surface area (Å²) < 4.78 is 6.67. The van der Waals surface area contributed by atoms with Crippen molar-refractivity contribution in [2.24, 2.45) is 0 Å². The second-order valence-corrected chi connectivity index (χ2v) is 5.74. The number of para-hydroxylation sites is 1. The third-order valence-corrected chi connectivity index (χ3v) is 4.09. The lowest BCUT2D eigenvalue weighted by atomic mass is 10.3. The van der Waals surface area contributed by atoms with E-state index in [1.54, 1.807) is 0 Å². The first-order valence-corrected chi connectivity index (χ1v) is 7.64. The van der Waals surface area contributed by atoms with Gasteiger partial charge in [-0.15, -0.1) is 11.3 Å². The number of hydrogen-bond donors (Lipinski definition) is 1. The van der Waals surface area contributed by atoms with Crippen molar-refractivity contribution in [3.05, 3.63) is 51.1 Å². The summed E-state index contributed by atoms with van der Waals surface area (Å²) in [5, 5.41) is 5.50. The third-order valence-electron chi connectivity index (χ3n) is 2.50. The highest BCUT2D eigenvalue weighted by Crippen LogP contribution is 2.23. The molecule has 0 amide bonds. The maximum Gasteiger partial charge on any atom is 0.133 e. The molecule has 0 aliphatic heterocycles. The minimum Gasteiger partial charge on any atom is -0.491 e. The smallest absolute Gasteiger partial charge is 0.133 e. The van der Waals surface area contributed by atoms with E-state index in [2.05, 4.69) is 38.8 Å². The molecule has 0 saturated heterocycles. The molecule has 1 N–H and O–H groups in total. The number of thiophene rings is 1. The fraction of sp³-hybridized carbons (Fsp3) is 0.286. The second kappa shape index (κ2) is 7.56. The molecule has 96 valence electrons. The highest BCUT2D eigenvalue weighted by molar-refractivity contribution is 9.10. The summed E-state index contributed by atoms with van der Waals surface area (Å²) >= 11 is 5.27. The van der Waals surface area contributed by atoms with Crippen LogP contribution in [0.25, 0.3) is 0 Å². The highest BCUT2D eigenvalue weighted by Gasteiger charge is 1.98. The molecule has 0 bridgehead atoms. The van der Waals surface area contributed by atoms with Gasteiger partial charge in [0.1, 0.15) is 12.4 Å². The highest BCUT2D eigenvalue weighted by atomic mass is 79.9. The quantitative estimate of drug-likeness (QED) is 0.783. The summed E-state index contributed by atoms with van der Waals surface area (Å²) in [6.07, 6.45) is 1.09. The molecule has 0 saturated carbocycles. The minimum absolute atomic E-state index is 0.688. The first-order chi connectivity index (χ1) is 8.86. The van der Waals surface area contributed by atoms with Crippen molar-refractivity contribution < 1.29 is 4.74 Å². The summed E-state index contributed by atoms with van der Waals surface area (Å²) in [7, 11) is 0. The summed E-state index contributed by atoms with van der Waals surface area (Å²) in [6.45, 7) is 2.56. The Morgan fingerprint density at radius 1 is 1.11 bits per heavy atom. The number of ether oxygens (including phenoxy) is 1. The molecule has 0 fully saturated rings. The zero-order valence-corrected chi connectivity index (χ0v) is 12.5. The van der Waals surface area contributed by atoms with E-state index in [1.807, 2.05) is 35.6 Å². The SMILES string of the molecule is Brc1ccccc1OCCNCCc1cccs1. The molecule has 2 rings (SSSR count). The molecule has 4 heteroatoms. The van der Waals surface area contributed by atoms with Gasteiger partial charge in [-0.2, -0.15) is 0 Å². The van der Waals surface area contributed by atoms with Crippen LogP contribution in [0.15, 0.2) is 46.3 Å². The van der Waals surface area contributed by atoms with Gasteiger partial charge in [0, 0.05) is 18.0 Å². The molecular weight excluding hydrogens is 310 g/mol. The van der Waals surface area contributed by atoms with Crippen LogP contribution in [0, 0.1) is 0 Å². The lowest BCUT2D eigenvalue weighted by Crippen LogP contribution is -2.23. The van der Waals surface area contributed by atoms with Gasteiger partial charge in [-0.05, 0) is 45.9 Å². The predicted molar refractivity (Wildman–Crippen MR) is 80.5 cm³/mol. The first-order valence-electron chi connectivity index (χ1n) is 5.96. The molecule has 0 aliphatic carbocycles. The average Bonchev–Trinajstić information content (AvgIpc) is 2.89. The van der Waals surface area contributed by atoms with E-state index in [0.717, 1.165) is 29.7 Å². The predicted octanol–water partition coefficient (Wildman–Crippen LogP) is 3.72. The van der Waals surface area contributed by atoms with Crippen LogP contribution in [-0.4, -0.2) is 19.7 Å². The molecule has 1 aromatic heterocycles. The van der Waals surface area contributed by atoms with Gasteiger partial charge in [-0.25, -0.2) is 0 Å². The maximum absolute atomic E-state index is 5.67. The van der Waals surface area contributed by atoms with Crippen LogP contribution in [0.5, 0.6) is 5.75 Å². The summed E-state index contributed by atoms with van der Waals surface area (Å²) in [5.74, 6) is 0.901. The number of halogens is 1. The topological polar surface area (TPSA) is 21.3 Å². The Balaban J connectivity index is 1.58. The van der Waals surface area contributed by atoms with Gasteiger partial charge >= 0.3 is 0 Å². The van der Waals surface area contributed by atoms with Crippen LogP contribution in [0.2, 0.25) is 0 Å². The van der Waals surface area contributed by atoms with Crippen molar-refractivity contribution >= 4 is 27.3 Å². The molecule has 2 aromatic rings. The fourth-order valence-corrected chi connectivity index (χ4v) is 2.69. The van der Waals surface area contributed by atoms with Gasteiger partial charge in [-0.3, -0.25) is 0 Å². The molecule has 2 nitrogen and oxygen atoms in total. The largest absolute Gasteiger partial charge is 0.491 e. The second-order valence-electron chi connectivity index (χ2n) is 3.86. The number of nitrogens with one attached hydrogen (secondary N) is 1. The zero-order chi connectivity index (χ0) is 12.6. The van der Waals surface area contributed by atoms with Gasteiger partial charge in [0.05, 0.1) is 4.47 Å². The van der Waals surface area contributed by atoms with E-state index >= 15 is 0 Å². The number of hydrogen-bond acceptors (Lipinski definition) is 3. The van der Waals surface area contributed by atoms with E-state index in [9.17, 15) is 0 Å². The lowest BCUT2D eigenvalue weighted by molar-refractivity contribution is 0.312. The van der Waals surface area contributed by atoms with Crippen LogP contribution in [0.4, 0.5) is 0 Å². The normalized spacial score (nSPS) is 10.5. The van der Waals surface area contributed by atoms with E-state index < -0.39 is 0 Å². The molecule has 1 heterocycles. The Kier molecular flexibility index (Phi) is 5.71. The molecule has 0 unspecified atom stereocenters. The van der Waals surface area contributed by atoms with E-state index in [1.165, 1.54) is 4.88 Å². The Labute approximate surface area is 120 Å².